The van der Waals surface area contributed by atoms with E-state index >= 15 is 0 Å². The van der Waals surface area contributed by atoms with Crippen molar-refractivity contribution in [2.75, 3.05) is 16.8 Å². The van der Waals surface area contributed by atoms with Gasteiger partial charge in [-0.15, -0.1) is 0 Å². The van der Waals surface area contributed by atoms with Gasteiger partial charge in [-0.05, 0) is 69.3 Å². The smallest absolute Gasteiger partial charge is 0.322 e. The van der Waals surface area contributed by atoms with Crippen LogP contribution in [0.25, 0.3) is 5.69 Å². The second-order valence-electron chi connectivity index (χ2n) is 8.99. The summed E-state index contributed by atoms with van der Waals surface area (Å²) in [6, 6.07) is 22.1. The van der Waals surface area contributed by atoms with E-state index in [0.29, 0.717) is 11.4 Å². The molecule has 0 fully saturated rings. The maximum absolute atomic E-state index is 14.0. The fourth-order valence-electron chi connectivity index (χ4n) is 4.52. The van der Waals surface area contributed by atoms with Gasteiger partial charge in [-0.2, -0.15) is 0 Å². The summed E-state index contributed by atoms with van der Waals surface area (Å²) >= 11 is 0. The number of carbonyl (C=O) groups is 2. The van der Waals surface area contributed by atoms with E-state index in [9.17, 15) is 9.59 Å². The zero-order chi connectivity index (χ0) is 24.5. The number of amides is 3. The first-order valence-corrected chi connectivity index (χ1v) is 11.7. The van der Waals surface area contributed by atoms with E-state index in [-0.39, 0.29) is 24.5 Å². The molecule has 3 heterocycles. The molecule has 2 aromatic carbocycles. The number of carbonyl (C=O) groups excluding carboxylic acids is 2. The first-order chi connectivity index (χ1) is 16.9. The number of aryl methyl sites for hydroxylation is 1. The number of anilines is 2. The van der Waals surface area contributed by atoms with Gasteiger partial charge in [0, 0.05) is 17.9 Å². The van der Waals surface area contributed by atoms with Crippen LogP contribution in [0, 0.1) is 6.92 Å². The first-order valence-electron chi connectivity index (χ1n) is 11.7. The number of benzene rings is 2. The predicted molar refractivity (Wildman–Crippen MR) is 136 cm³/mol. The van der Waals surface area contributed by atoms with E-state index in [4.69, 9.17) is 4.42 Å². The normalized spacial score (nSPS) is 14.4. The predicted octanol–water partition coefficient (Wildman–Crippen LogP) is 5.76. The minimum atomic E-state index is -0.448. The highest BCUT2D eigenvalue weighted by Crippen LogP contribution is 2.42. The van der Waals surface area contributed by atoms with Gasteiger partial charge >= 0.3 is 6.03 Å². The second-order valence-corrected chi connectivity index (χ2v) is 8.99. The van der Waals surface area contributed by atoms with Crippen LogP contribution in [0.3, 0.4) is 0 Å². The molecule has 178 valence electrons. The fourth-order valence-corrected chi connectivity index (χ4v) is 4.52. The Morgan fingerprint density at radius 3 is 2.40 bits per heavy atom. The molecule has 1 unspecified atom stereocenters. The Morgan fingerprint density at radius 1 is 0.971 bits per heavy atom. The van der Waals surface area contributed by atoms with Crippen molar-refractivity contribution < 1.29 is 14.0 Å². The van der Waals surface area contributed by atoms with Crippen molar-refractivity contribution in [3.05, 3.63) is 102 Å². The fraction of sp³-hybridized carbons (Fsp3) is 0.214. The van der Waals surface area contributed by atoms with Crippen molar-refractivity contribution in [3.8, 4) is 5.69 Å². The van der Waals surface area contributed by atoms with Crippen LogP contribution in [0.4, 0.5) is 16.2 Å². The maximum atomic E-state index is 14.0. The first kappa shape index (κ1) is 22.5. The zero-order valence-electron chi connectivity index (χ0n) is 20.0. The number of hydrogen-bond acceptors (Lipinski definition) is 3. The molecule has 0 saturated heterocycles. The van der Waals surface area contributed by atoms with Gasteiger partial charge in [0.05, 0.1) is 23.3 Å². The highest BCUT2D eigenvalue weighted by Gasteiger charge is 2.38. The van der Waals surface area contributed by atoms with Gasteiger partial charge in [-0.3, -0.25) is 9.69 Å². The molecule has 0 aliphatic carbocycles. The van der Waals surface area contributed by atoms with Crippen molar-refractivity contribution >= 4 is 23.3 Å². The van der Waals surface area contributed by atoms with Crippen molar-refractivity contribution in [3.63, 3.8) is 0 Å². The lowest BCUT2D eigenvalue weighted by molar-refractivity contribution is -0.120. The van der Waals surface area contributed by atoms with Gasteiger partial charge in [0.2, 0.25) is 5.91 Å². The third kappa shape index (κ3) is 4.21. The molecule has 2 aromatic heterocycles. The average molecular weight is 469 g/mol. The third-order valence-electron chi connectivity index (χ3n) is 6.29. The number of urea groups is 1. The molecular formula is C28H28N4O3. The van der Waals surface area contributed by atoms with Crippen LogP contribution in [-0.4, -0.2) is 34.0 Å². The molecule has 1 atom stereocenters. The maximum Gasteiger partial charge on any atom is 0.322 e. The number of rotatable bonds is 5. The number of nitrogens with one attached hydrogen (secondary N) is 1. The molecule has 7 nitrogen and oxygen atoms in total. The van der Waals surface area contributed by atoms with Gasteiger partial charge in [0.15, 0.2) is 0 Å². The lowest BCUT2D eigenvalue weighted by Crippen LogP contribution is -2.49. The number of aromatic nitrogens is 1. The topological polar surface area (TPSA) is 70.7 Å². The Labute approximate surface area is 204 Å². The SMILES string of the molecule is Cc1ccc(NC(=O)N(CC(=O)N2c3ccccc3-n3cccc3C2c2ccco2)C(C)C)cc1. The molecular weight excluding hydrogens is 440 g/mol. The van der Waals surface area contributed by atoms with Crippen molar-refractivity contribution in [2.45, 2.75) is 32.9 Å². The standard InChI is InChI=1S/C28H28N4O3/c1-19(2)31(28(34)29-21-14-12-20(3)13-15-21)18-26(33)32-23-9-5-4-8-22(23)30-16-6-10-24(30)27(32)25-11-7-17-35-25/h4-17,19,27H,18H2,1-3H3,(H,29,34). The van der Waals surface area contributed by atoms with Gasteiger partial charge in [-0.1, -0.05) is 29.8 Å². The molecule has 35 heavy (non-hydrogen) atoms. The monoisotopic (exact) mass is 468 g/mol. The molecule has 0 bridgehead atoms. The lowest BCUT2D eigenvalue weighted by atomic mass is 10.0. The Hall–Kier alpha value is -4.26. The zero-order valence-corrected chi connectivity index (χ0v) is 20.0. The summed E-state index contributed by atoms with van der Waals surface area (Å²) in [6.07, 6.45) is 3.60. The summed E-state index contributed by atoms with van der Waals surface area (Å²) in [5, 5.41) is 2.92. The average Bonchev–Trinajstić information content (AvgIpc) is 3.55. The summed E-state index contributed by atoms with van der Waals surface area (Å²) < 4.78 is 7.86. The summed E-state index contributed by atoms with van der Waals surface area (Å²) in [5.41, 5.74) is 4.39. The minimum Gasteiger partial charge on any atom is -0.467 e. The van der Waals surface area contributed by atoms with E-state index in [1.165, 1.54) is 0 Å². The highest BCUT2D eigenvalue weighted by molar-refractivity contribution is 6.01. The third-order valence-corrected chi connectivity index (χ3v) is 6.29. The molecule has 3 amide bonds. The summed E-state index contributed by atoms with van der Waals surface area (Å²) in [7, 11) is 0. The van der Waals surface area contributed by atoms with Crippen molar-refractivity contribution in [1.29, 1.82) is 0 Å². The van der Waals surface area contributed by atoms with Crippen LogP contribution in [0.15, 0.2) is 89.7 Å². The summed E-state index contributed by atoms with van der Waals surface area (Å²) in [4.78, 5) is 30.5. The molecule has 7 heteroatoms. The summed E-state index contributed by atoms with van der Waals surface area (Å²) in [6.45, 7) is 5.72. The molecule has 1 N–H and O–H groups in total. The Bertz CT molecular complexity index is 1340. The van der Waals surface area contributed by atoms with Crippen LogP contribution in [-0.2, 0) is 4.79 Å². The highest BCUT2D eigenvalue weighted by atomic mass is 16.3. The molecule has 0 saturated carbocycles. The second kappa shape index (κ2) is 9.18. The molecule has 1 aliphatic heterocycles. The number of hydrogen-bond donors (Lipinski definition) is 1. The molecule has 1 aliphatic rings. The minimum absolute atomic E-state index is 0.0817. The van der Waals surface area contributed by atoms with E-state index in [1.807, 2.05) is 99.8 Å². The number of fused-ring (bicyclic) bond motifs is 3. The van der Waals surface area contributed by atoms with Crippen LogP contribution in [0.1, 0.15) is 36.9 Å². The molecule has 5 rings (SSSR count). The van der Waals surface area contributed by atoms with Crippen LogP contribution < -0.4 is 10.2 Å². The molecule has 0 spiro atoms. The van der Waals surface area contributed by atoms with Crippen molar-refractivity contribution in [2.24, 2.45) is 0 Å². The van der Waals surface area contributed by atoms with Gasteiger partial charge in [0.25, 0.3) is 0 Å². The summed E-state index contributed by atoms with van der Waals surface area (Å²) in [5.74, 6) is 0.465. The molecule has 4 aromatic rings. The van der Waals surface area contributed by atoms with Crippen molar-refractivity contribution in [1.82, 2.24) is 9.47 Å². The van der Waals surface area contributed by atoms with E-state index in [0.717, 1.165) is 22.6 Å². The van der Waals surface area contributed by atoms with Gasteiger partial charge in [-0.25, -0.2) is 4.79 Å². The van der Waals surface area contributed by atoms with Crippen LogP contribution in [0.5, 0.6) is 0 Å². The number of para-hydroxylation sites is 2. The van der Waals surface area contributed by atoms with Crippen LogP contribution in [0.2, 0.25) is 0 Å². The molecule has 0 radical (unpaired) electrons. The quantitative estimate of drug-likeness (QED) is 0.405. The Balaban J connectivity index is 1.48. The Kier molecular flexibility index (Phi) is 5.91. The van der Waals surface area contributed by atoms with Gasteiger partial charge in [0.1, 0.15) is 18.3 Å². The Morgan fingerprint density at radius 2 is 1.71 bits per heavy atom. The van der Waals surface area contributed by atoms with E-state index < -0.39 is 6.04 Å². The van der Waals surface area contributed by atoms with E-state index in [1.54, 1.807) is 16.1 Å². The number of furan rings is 1. The van der Waals surface area contributed by atoms with Crippen LogP contribution >= 0.6 is 0 Å². The largest absolute Gasteiger partial charge is 0.467 e. The lowest BCUT2D eigenvalue weighted by Gasteiger charge is -2.38. The van der Waals surface area contributed by atoms with E-state index in [2.05, 4.69) is 9.88 Å². The van der Waals surface area contributed by atoms with Gasteiger partial charge < -0.3 is 19.2 Å². The number of nitrogens with zero attached hydrogens (tertiary/aromatic N) is 3.